The standard InChI is InChI=1S/C62H115O11P/c1-4-7-10-13-16-19-22-24-26-28-29-31-33-35-38-41-44-47-50-53-62(66)73-59(55-69-60(64)51-48-45-42-39-37-34-32-30-27-25-23-20-17-14-11-8-5-2)57-71-74(67,68)70-56-58(54-63)72-61(65)52-49-46-43-40-36-21-18-15-12-9-6-3/h15-16,18-19,24,26,58-59,63H,4-14,17,20-23,25,27-57H2,1-3H3,(H,67,68)/b18-15-,19-16-,26-24-. The summed E-state index contributed by atoms with van der Waals surface area (Å²) in [5.74, 6) is -1.46. The third kappa shape index (κ3) is 54.5. The molecule has 0 radical (unpaired) electrons. The van der Waals surface area contributed by atoms with Gasteiger partial charge in [-0.15, -0.1) is 0 Å². The van der Waals surface area contributed by atoms with E-state index in [4.69, 9.17) is 23.3 Å². The summed E-state index contributed by atoms with van der Waals surface area (Å²) in [6.45, 7) is 4.62. The molecule has 74 heavy (non-hydrogen) atoms. The van der Waals surface area contributed by atoms with Gasteiger partial charge in [0, 0.05) is 19.3 Å². The second kappa shape index (κ2) is 56.9. The van der Waals surface area contributed by atoms with Gasteiger partial charge in [-0.2, -0.15) is 0 Å². The molecule has 11 nitrogen and oxygen atoms in total. The highest BCUT2D eigenvalue weighted by atomic mass is 31.2. The summed E-state index contributed by atoms with van der Waals surface area (Å²) in [6, 6.07) is 0. The molecule has 0 saturated heterocycles. The highest BCUT2D eigenvalue weighted by Gasteiger charge is 2.28. The van der Waals surface area contributed by atoms with Gasteiger partial charge in [-0.3, -0.25) is 23.4 Å². The van der Waals surface area contributed by atoms with Gasteiger partial charge in [0.05, 0.1) is 19.8 Å². The second-order valence-corrected chi connectivity index (χ2v) is 22.3. The highest BCUT2D eigenvalue weighted by molar-refractivity contribution is 7.47. The Morgan fingerprint density at radius 1 is 0.378 bits per heavy atom. The number of aliphatic hydroxyl groups excluding tert-OH is 1. The number of aliphatic hydroxyl groups is 1. The van der Waals surface area contributed by atoms with Crippen LogP contribution < -0.4 is 0 Å². The van der Waals surface area contributed by atoms with Crippen LogP contribution in [0.5, 0.6) is 0 Å². The average Bonchev–Trinajstić information content (AvgIpc) is 3.39. The van der Waals surface area contributed by atoms with Gasteiger partial charge in [-0.25, -0.2) is 4.57 Å². The first kappa shape index (κ1) is 71.7. The molecule has 0 amide bonds. The molecule has 3 unspecified atom stereocenters. The van der Waals surface area contributed by atoms with Crippen molar-refractivity contribution in [1.82, 2.24) is 0 Å². The van der Waals surface area contributed by atoms with Crippen LogP contribution >= 0.6 is 7.82 Å². The third-order valence-corrected chi connectivity index (χ3v) is 14.5. The van der Waals surface area contributed by atoms with Crippen molar-refractivity contribution >= 4 is 25.7 Å². The number of carbonyl (C=O) groups is 3. The molecule has 0 fully saturated rings. The Balaban J connectivity index is 4.68. The topological polar surface area (TPSA) is 155 Å². The van der Waals surface area contributed by atoms with E-state index in [1.165, 1.54) is 154 Å². The van der Waals surface area contributed by atoms with Gasteiger partial charge < -0.3 is 24.2 Å². The summed E-state index contributed by atoms with van der Waals surface area (Å²) in [5, 5.41) is 9.80. The van der Waals surface area contributed by atoms with E-state index in [9.17, 15) is 28.9 Å². The minimum absolute atomic E-state index is 0.166. The predicted octanol–water partition coefficient (Wildman–Crippen LogP) is 18.4. The maximum absolute atomic E-state index is 12.9. The van der Waals surface area contributed by atoms with Crippen LogP contribution in [0.3, 0.4) is 0 Å². The van der Waals surface area contributed by atoms with E-state index in [0.29, 0.717) is 19.3 Å². The number of unbranched alkanes of at least 4 members (excludes halogenated alkanes) is 35. The van der Waals surface area contributed by atoms with E-state index in [1.54, 1.807) is 0 Å². The van der Waals surface area contributed by atoms with Gasteiger partial charge >= 0.3 is 25.7 Å². The molecule has 12 heteroatoms. The molecule has 434 valence electrons. The van der Waals surface area contributed by atoms with E-state index in [0.717, 1.165) is 89.9 Å². The van der Waals surface area contributed by atoms with Crippen molar-refractivity contribution in [2.75, 3.05) is 26.4 Å². The molecule has 0 heterocycles. The van der Waals surface area contributed by atoms with Crippen LogP contribution in [0.4, 0.5) is 0 Å². The van der Waals surface area contributed by atoms with Crippen LogP contribution in [0.2, 0.25) is 0 Å². The van der Waals surface area contributed by atoms with Crippen molar-refractivity contribution in [2.24, 2.45) is 0 Å². The molecular weight excluding hydrogens is 952 g/mol. The molecule has 3 atom stereocenters. The van der Waals surface area contributed by atoms with Crippen LogP contribution in [-0.2, 0) is 42.2 Å². The van der Waals surface area contributed by atoms with Gasteiger partial charge in [0.2, 0.25) is 0 Å². The molecule has 0 aliphatic carbocycles. The minimum Gasteiger partial charge on any atom is -0.462 e. The maximum Gasteiger partial charge on any atom is 0.472 e. The lowest BCUT2D eigenvalue weighted by atomic mass is 10.0. The Hall–Kier alpha value is -2.30. The van der Waals surface area contributed by atoms with Crippen LogP contribution in [0.25, 0.3) is 0 Å². The van der Waals surface area contributed by atoms with Crippen molar-refractivity contribution in [3.8, 4) is 0 Å². The highest BCUT2D eigenvalue weighted by Crippen LogP contribution is 2.43. The van der Waals surface area contributed by atoms with E-state index >= 15 is 0 Å². The lowest BCUT2D eigenvalue weighted by Gasteiger charge is -2.21. The molecular formula is C62H115O11P. The monoisotopic (exact) mass is 1070 g/mol. The van der Waals surface area contributed by atoms with E-state index in [1.807, 2.05) is 0 Å². The summed E-state index contributed by atoms with van der Waals surface area (Å²) in [4.78, 5) is 48.6. The Bertz CT molecular complexity index is 1380. The Morgan fingerprint density at radius 3 is 1.08 bits per heavy atom. The number of allylic oxidation sites excluding steroid dienone is 6. The molecule has 0 spiro atoms. The Labute approximate surface area is 454 Å². The van der Waals surface area contributed by atoms with Gasteiger partial charge in [0.25, 0.3) is 0 Å². The number of carbonyl (C=O) groups excluding carboxylic acids is 3. The van der Waals surface area contributed by atoms with Crippen LogP contribution in [0, 0.1) is 0 Å². The predicted molar refractivity (Wildman–Crippen MR) is 307 cm³/mol. The molecule has 0 saturated carbocycles. The fourth-order valence-corrected chi connectivity index (χ4v) is 9.57. The van der Waals surface area contributed by atoms with E-state index in [-0.39, 0.29) is 25.9 Å². The largest absolute Gasteiger partial charge is 0.472 e. The Morgan fingerprint density at radius 2 is 0.676 bits per heavy atom. The van der Waals surface area contributed by atoms with E-state index < -0.39 is 57.8 Å². The minimum atomic E-state index is -4.75. The molecule has 0 aromatic carbocycles. The number of ether oxygens (including phenoxy) is 3. The number of hydrogen-bond acceptors (Lipinski definition) is 10. The molecule has 0 rings (SSSR count). The average molecular weight is 1070 g/mol. The molecule has 0 bridgehead atoms. The maximum atomic E-state index is 12.9. The number of rotatable bonds is 58. The van der Waals surface area contributed by atoms with Crippen molar-refractivity contribution in [2.45, 2.75) is 315 Å². The third-order valence-electron chi connectivity index (χ3n) is 13.5. The number of phosphoric acid groups is 1. The summed E-state index contributed by atoms with van der Waals surface area (Å²) in [7, 11) is -4.75. The van der Waals surface area contributed by atoms with Gasteiger partial charge in [-0.05, 0) is 70.6 Å². The number of phosphoric ester groups is 1. The van der Waals surface area contributed by atoms with E-state index in [2.05, 4.69) is 57.2 Å². The zero-order chi connectivity index (χ0) is 54.1. The fourth-order valence-electron chi connectivity index (χ4n) is 8.78. The van der Waals surface area contributed by atoms with Crippen LogP contribution in [0.1, 0.15) is 303 Å². The molecule has 0 aliphatic heterocycles. The van der Waals surface area contributed by atoms with Crippen molar-refractivity contribution in [1.29, 1.82) is 0 Å². The number of hydrogen-bond donors (Lipinski definition) is 2. The second-order valence-electron chi connectivity index (χ2n) is 20.9. The summed E-state index contributed by atoms with van der Waals surface area (Å²) < 4.78 is 39.6. The summed E-state index contributed by atoms with van der Waals surface area (Å²) >= 11 is 0. The lowest BCUT2D eigenvalue weighted by molar-refractivity contribution is -0.161. The molecule has 0 aliphatic rings. The molecule has 2 N–H and O–H groups in total. The first-order valence-electron chi connectivity index (χ1n) is 30.9. The summed E-state index contributed by atoms with van der Waals surface area (Å²) in [5.41, 5.74) is 0. The normalized spacial score (nSPS) is 13.5. The van der Waals surface area contributed by atoms with Gasteiger partial charge in [0.1, 0.15) is 12.7 Å². The molecule has 0 aromatic heterocycles. The van der Waals surface area contributed by atoms with Crippen molar-refractivity contribution in [3.63, 3.8) is 0 Å². The van der Waals surface area contributed by atoms with Crippen molar-refractivity contribution < 1.29 is 52.2 Å². The first-order chi connectivity index (χ1) is 36.2. The first-order valence-corrected chi connectivity index (χ1v) is 32.4. The number of esters is 3. The molecule has 0 aromatic rings. The van der Waals surface area contributed by atoms with Gasteiger partial charge in [-0.1, -0.05) is 250 Å². The lowest BCUT2D eigenvalue weighted by Crippen LogP contribution is -2.30. The van der Waals surface area contributed by atoms with Crippen molar-refractivity contribution in [3.05, 3.63) is 36.5 Å². The van der Waals surface area contributed by atoms with Crippen LogP contribution in [0.15, 0.2) is 36.5 Å². The SMILES string of the molecule is CCCC/C=C\CCCCCCCC(=O)OC(CO)COP(=O)(O)OCC(COC(=O)CCCCCCCCCCCCCCCCCCC)OC(=O)CCCCCCCCCCC/C=C\C/C=C\CCCCC. The fraction of sp³-hybridized carbons (Fsp3) is 0.855. The smallest absolute Gasteiger partial charge is 0.462 e. The zero-order valence-corrected chi connectivity index (χ0v) is 49.0. The van der Waals surface area contributed by atoms with Gasteiger partial charge in [0.15, 0.2) is 6.10 Å². The summed E-state index contributed by atoms with van der Waals surface area (Å²) in [6.07, 6.45) is 59.6. The Kier molecular flexibility index (Phi) is 55.1. The quantitative estimate of drug-likeness (QED) is 0.0197. The zero-order valence-electron chi connectivity index (χ0n) is 48.1. The van der Waals surface area contributed by atoms with Crippen LogP contribution in [-0.4, -0.2) is 66.5 Å².